The molecule has 0 saturated carbocycles. The van der Waals surface area contributed by atoms with Gasteiger partial charge in [-0.05, 0) is 13.0 Å². The number of nitrogens with one attached hydrogen (secondary N) is 1. The molecule has 3 aromatic rings. The van der Waals surface area contributed by atoms with E-state index in [1.54, 1.807) is 6.20 Å². The largest absolute Gasteiger partial charge is 0.395 e. The number of ether oxygens (including phenoxy) is 1. The number of carbonyl (C=O) groups is 1. The molecule has 1 saturated heterocycles. The lowest BCUT2D eigenvalue weighted by molar-refractivity contribution is -0.0323. The molecule has 29 heavy (non-hydrogen) atoms. The molecule has 1 atom stereocenters. The van der Waals surface area contributed by atoms with Crippen LogP contribution in [0.25, 0.3) is 10.2 Å². The van der Waals surface area contributed by atoms with Gasteiger partial charge < -0.3 is 15.2 Å². The van der Waals surface area contributed by atoms with Gasteiger partial charge in [-0.15, -0.1) is 11.3 Å². The topological polar surface area (TPSA) is 92.5 Å². The van der Waals surface area contributed by atoms with Crippen LogP contribution in [0.1, 0.15) is 33.8 Å². The highest BCUT2D eigenvalue weighted by molar-refractivity contribution is 7.20. The summed E-state index contributed by atoms with van der Waals surface area (Å²) in [7, 11) is 0. The Morgan fingerprint density at radius 3 is 3.17 bits per heavy atom. The third kappa shape index (κ3) is 4.32. The van der Waals surface area contributed by atoms with Crippen molar-refractivity contribution < 1.29 is 14.6 Å². The van der Waals surface area contributed by atoms with Crippen LogP contribution in [0.3, 0.4) is 0 Å². The van der Waals surface area contributed by atoms with Crippen molar-refractivity contribution in [2.24, 2.45) is 0 Å². The highest BCUT2D eigenvalue weighted by Crippen LogP contribution is 2.37. The smallest absolute Gasteiger partial charge is 0.261 e. The maximum Gasteiger partial charge on any atom is 0.261 e. The fraction of sp³-hybridized carbons (Fsp3) is 0.450. The van der Waals surface area contributed by atoms with Crippen LogP contribution in [0.15, 0.2) is 30.7 Å². The molecule has 0 bridgehead atoms. The molecule has 3 aromatic heterocycles. The van der Waals surface area contributed by atoms with Gasteiger partial charge >= 0.3 is 0 Å². The first-order valence-corrected chi connectivity index (χ1v) is 10.6. The fourth-order valence-electron chi connectivity index (χ4n) is 3.63. The lowest BCUT2D eigenvalue weighted by atomic mass is 10.0. The van der Waals surface area contributed by atoms with Crippen LogP contribution in [0, 0.1) is 0 Å². The number of pyridine rings is 1. The number of aromatic nitrogens is 3. The molecule has 1 aliphatic rings. The van der Waals surface area contributed by atoms with Crippen molar-refractivity contribution in [1.29, 1.82) is 0 Å². The standard InChI is InChI=1S/C20H25N5O3S/c1-2-25-12-14(10-23-25)11-24-7-9-28-16(13-24)17-15-4-3-5-22-20(15)29-18(17)19(27)21-6-8-26/h3-5,10,12,16,26H,2,6-9,11,13H2,1H3,(H,21,27)/t16-/m0/s1. The molecule has 4 heterocycles. The second-order valence-corrected chi connectivity index (χ2v) is 7.98. The van der Waals surface area contributed by atoms with Gasteiger partial charge in [0.15, 0.2) is 0 Å². The Labute approximate surface area is 173 Å². The number of thiophene rings is 1. The molecular formula is C20H25N5O3S. The molecule has 2 N–H and O–H groups in total. The van der Waals surface area contributed by atoms with Gasteiger partial charge in [-0.1, -0.05) is 6.07 Å². The summed E-state index contributed by atoms with van der Waals surface area (Å²) >= 11 is 1.37. The molecule has 154 valence electrons. The van der Waals surface area contributed by atoms with Gasteiger partial charge in [0.05, 0.1) is 25.5 Å². The Bertz CT molecular complexity index is 986. The second kappa shape index (κ2) is 9.00. The number of carbonyl (C=O) groups excluding carboxylic acids is 1. The number of hydrogen-bond donors (Lipinski definition) is 2. The number of amides is 1. The molecule has 9 heteroatoms. The molecule has 4 rings (SSSR count). The van der Waals surface area contributed by atoms with E-state index in [9.17, 15) is 4.79 Å². The SMILES string of the molecule is CCn1cc(CN2CCO[C@H](c3c(C(=O)NCCO)sc4ncccc34)C2)cn1. The minimum Gasteiger partial charge on any atom is -0.395 e. The Morgan fingerprint density at radius 1 is 1.48 bits per heavy atom. The molecule has 0 aromatic carbocycles. The molecular weight excluding hydrogens is 390 g/mol. The van der Waals surface area contributed by atoms with Crippen LogP contribution in [-0.2, 0) is 17.8 Å². The fourth-order valence-corrected chi connectivity index (χ4v) is 4.74. The molecule has 0 unspecified atom stereocenters. The zero-order valence-electron chi connectivity index (χ0n) is 16.4. The van der Waals surface area contributed by atoms with E-state index in [2.05, 4.69) is 33.4 Å². The normalized spacial score (nSPS) is 17.7. The third-order valence-electron chi connectivity index (χ3n) is 5.00. The molecule has 0 radical (unpaired) electrons. The van der Waals surface area contributed by atoms with E-state index in [1.807, 2.05) is 23.0 Å². The highest BCUT2D eigenvalue weighted by atomic mass is 32.1. The monoisotopic (exact) mass is 415 g/mol. The van der Waals surface area contributed by atoms with Gasteiger partial charge in [0.25, 0.3) is 5.91 Å². The summed E-state index contributed by atoms with van der Waals surface area (Å²) in [4.78, 5) is 20.9. The van der Waals surface area contributed by atoms with E-state index in [-0.39, 0.29) is 25.2 Å². The zero-order chi connectivity index (χ0) is 20.2. The van der Waals surface area contributed by atoms with E-state index in [0.29, 0.717) is 18.0 Å². The van der Waals surface area contributed by atoms with Crippen LogP contribution in [0.5, 0.6) is 0 Å². The molecule has 0 aliphatic carbocycles. The summed E-state index contributed by atoms with van der Waals surface area (Å²) in [5.74, 6) is -0.193. The average Bonchev–Trinajstić information content (AvgIpc) is 3.36. The number of aliphatic hydroxyl groups is 1. The van der Waals surface area contributed by atoms with Crippen LogP contribution >= 0.6 is 11.3 Å². The Morgan fingerprint density at radius 2 is 2.38 bits per heavy atom. The van der Waals surface area contributed by atoms with Crippen LogP contribution < -0.4 is 5.32 Å². The van der Waals surface area contributed by atoms with Crippen molar-refractivity contribution in [1.82, 2.24) is 25.0 Å². The van der Waals surface area contributed by atoms with E-state index < -0.39 is 0 Å². The van der Waals surface area contributed by atoms with Crippen molar-refractivity contribution in [3.05, 3.63) is 46.7 Å². The Balaban J connectivity index is 1.59. The number of rotatable bonds is 7. The summed E-state index contributed by atoms with van der Waals surface area (Å²) in [6.07, 6.45) is 5.50. The van der Waals surface area contributed by atoms with Crippen LogP contribution in [0.2, 0.25) is 0 Å². The minimum absolute atomic E-state index is 0.0939. The van der Waals surface area contributed by atoms with Crippen molar-refractivity contribution in [2.75, 3.05) is 32.8 Å². The summed E-state index contributed by atoms with van der Waals surface area (Å²) < 4.78 is 8.03. The average molecular weight is 416 g/mol. The number of morpholine rings is 1. The summed E-state index contributed by atoms with van der Waals surface area (Å²) in [6.45, 7) is 5.97. The first-order valence-electron chi connectivity index (χ1n) is 9.81. The summed E-state index contributed by atoms with van der Waals surface area (Å²) in [5, 5.41) is 17.1. The van der Waals surface area contributed by atoms with Crippen LogP contribution in [-0.4, -0.2) is 63.5 Å². The zero-order valence-corrected chi connectivity index (χ0v) is 17.2. The van der Waals surface area contributed by atoms with Gasteiger partial charge in [0, 0.05) is 61.6 Å². The lowest BCUT2D eigenvalue weighted by Crippen LogP contribution is -2.38. The second-order valence-electron chi connectivity index (χ2n) is 6.98. The molecule has 8 nitrogen and oxygen atoms in total. The van der Waals surface area contributed by atoms with E-state index in [4.69, 9.17) is 9.84 Å². The van der Waals surface area contributed by atoms with E-state index in [0.717, 1.165) is 35.4 Å². The molecule has 1 amide bonds. The molecule has 1 aliphatic heterocycles. The Kier molecular flexibility index (Phi) is 6.19. The number of hydrogen-bond acceptors (Lipinski definition) is 7. The number of nitrogens with zero attached hydrogens (tertiary/aromatic N) is 4. The maximum atomic E-state index is 12.7. The van der Waals surface area contributed by atoms with Crippen molar-refractivity contribution in [3.8, 4) is 0 Å². The minimum atomic E-state index is -0.210. The van der Waals surface area contributed by atoms with Gasteiger partial charge in [-0.3, -0.25) is 14.4 Å². The quantitative estimate of drug-likeness (QED) is 0.611. The predicted octanol–water partition coefficient (Wildman–Crippen LogP) is 1.81. The lowest BCUT2D eigenvalue weighted by Gasteiger charge is -2.33. The van der Waals surface area contributed by atoms with Gasteiger partial charge in [0.1, 0.15) is 9.71 Å². The predicted molar refractivity (Wildman–Crippen MR) is 111 cm³/mol. The van der Waals surface area contributed by atoms with Crippen LogP contribution in [0.4, 0.5) is 0 Å². The molecule has 0 spiro atoms. The number of fused-ring (bicyclic) bond motifs is 1. The molecule has 1 fully saturated rings. The maximum absolute atomic E-state index is 12.7. The summed E-state index contributed by atoms with van der Waals surface area (Å²) in [5.41, 5.74) is 2.06. The summed E-state index contributed by atoms with van der Waals surface area (Å²) in [6, 6.07) is 3.87. The van der Waals surface area contributed by atoms with Gasteiger partial charge in [-0.2, -0.15) is 5.10 Å². The first-order chi connectivity index (χ1) is 14.2. The number of aliphatic hydroxyl groups excluding tert-OH is 1. The third-order valence-corrected chi connectivity index (χ3v) is 6.13. The number of aryl methyl sites for hydroxylation is 1. The van der Waals surface area contributed by atoms with Crippen molar-refractivity contribution in [3.63, 3.8) is 0 Å². The van der Waals surface area contributed by atoms with Crippen molar-refractivity contribution in [2.45, 2.75) is 26.1 Å². The van der Waals surface area contributed by atoms with Crippen molar-refractivity contribution >= 4 is 27.5 Å². The Hall–Kier alpha value is -2.33. The first kappa shape index (κ1) is 20.0. The highest BCUT2D eigenvalue weighted by Gasteiger charge is 2.30. The van der Waals surface area contributed by atoms with E-state index >= 15 is 0 Å². The van der Waals surface area contributed by atoms with Gasteiger partial charge in [0.2, 0.25) is 0 Å². The van der Waals surface area contributed by atoms with E-state index in [1.165, 1.54) is 16.9 Å². The van der Waals surface area contributed by atoms with Gasteiger partial charge in [-0.25, -0.2) is 4.98 Å².